The zero-order chi connectivity index (χ0) is 15.6. The van der Waals surface area contributed by atoms with E-state index in [0.717, 1.165) is 29.8 Å². The van der Waals surface area contributed by atoms with E-state index in [1.54, 1.807) is 0 Å². The van der Waals surface area contributed by atoms with E-state index in [4.69, 9.17) is 10.5 Å². The summed E-state index contributed by atoms with van der Waals surface area (Å²) >= 11 is 0. The first-order valence-corrected chi connectivity index (χ1v) is 7.57. The summed E-state index contributed by atoms with van der Waals surface area (Å²) in [5.41, 5.74) is 8.03. The molecule has 4 nitrogen and oxygen atoms in total. The van der Waals surface area contributed by atoms with Crippen LogP contribution in [0.25, 0.3) is 0 Å². The number of aliphatic imine (C=N–C) groups is 1. The lowest BCUT2D eigenvalue weighted by molar-refractivity contribution is 0.306. The molecule has 0 bridgehead atoms. The van der Waals surface area contributed by atoms with E-state index in [1.165, 1.54) is 0 Å². The number of benzene rings is 2. The normalized spacial score (nSPS) is 11.2. The highest BCUT2D eigenvalue weighted by Crippen LogP contribution is 2.14. The number of hydrogen-bond acceptors (Lipinski definition) is 2. The monoisotopic (exact) mass is 297 g/mol. The summed E-state index contributed by atoms with van der Waals surface area (Å²) in [4.78, 5) is 4.30. The van der Waals surface area contributed by atoms with E-state index in [2.05, 4.69) is 29.4 Å². The van der Waals surface area contributed by atoms with Crippen molar-refractivity contribution in [2.75, 3.05) is 6.54 Å². The van der Waals surface area contributed by atoms with Crippen molar-refractivity contribution in [2.24, 2.45) is 10.7 Å². The predicted molar refractivity (Wildman–Crippen MR) is 90.8 cm³/mol. The van der Waals surface area contributed by atoms with Gasteiger partial charge in [0.1, 0.15) is 12.4 Å². The minimum absolute atomic E-state index is 0.492. The van der Waals surface area contributed by atoms with Crippen LogP contribution in [0.5, 0.6) is 5.75 Å². The molecule has 0 aliphatic heterocycles. The molecule has 0 amide bonds. The van der Waals surface area contributed by atoms with Crippen molar-refractivity contribution < 1.29 is 4.74 Å². The number of guanidine groups is 1. The number of hydrogen-bond donors (Lipinski definition) is 2. The van der Waals surface area contributed by atoms with Crippen molar-refractivity contribution in [1.82, 2.24) is 5.32 Å². The highest BCUT2D eigenvalue weighted by molar-refractivity contribution is 5.77. The van der Waals surface area contributed by atoms with Gasteiger partial charge in [0.2, 0.25) is 0 Å². The number of ether oxygens (including phenoxy) is 1. The third kappa shape index (κ3) is 5.48. The van der Waals surface area contributed by atoms with Gasteiger partial charge in [-0.15, -0.1) is 0 Å². The van der Waals surface area contributed by atoms with Crippen LogP contribution < -0.4 is 15.8 Å². The van der Waals surface area contributed by atoms with E-state index < -0.39 is 0 Å². The van der Waals surface area contributed by atoms with Crippen molar-refractivity contribution in [2.45, 2.75) is 26.5 Å². The van der Waals surface area contributed by atoms with Crippen LogP contribution in [0.3, 0.4) is 0 Å². The van der Waals surface area contributed by atoms with Crippen molar-refractivity contribution >= 4 is 5.96 Å². The maximum absolute atomic E-state index is 5.76. The molecular formula is C18H23N3O. The predicted octanol–water partition coefficient (Wildman–Crippen LogP) is 3.08. The van der Waals surface area contributed by atoms with E-state index in [9.17, 15) is 0 Å². The molecule has 0 heterocycles. The van der Waals surface area contributed by atoms with Gasteiger partial charge in [0.05, 0.1) is 6.54 Å². The molecular weight excluding hydrogens is 274 g/mol. The minimum atomic E-state index is 0.492. The summed E-state index contributed by atoms with van der Waals surface area (Å²) in [6.07, 6.45) is 1.03. The number of nitrogens with one attached hydrogen (secondary N) is 1. The second-order valence-electron chi connectivity index (χ2n) is 5.05. The molecule has 0 atom stereocenters. The van der Waals surface area contributed by atoms with E-state index >= 15 is 0 Å². The topological polar surface area (TPSA) is 59.6 Å². The summed E-state index contributed by atoms with van der Waals surface area (Å²) in [6.45, 7) is 4.09. The maximum atomic E-state index is 5.76. The largest absolute Gasteiger partial charge is 0.489 e. The second-order valence-corrected chi connectivity index (χ2v) is 5.05. The van der Waals surface area contributed by atoms with Crippen LogP contribution in [0.15, 0.2) is 59.6 Å². The summed E-state index contributed by atoms with van der Waals surface area (Å²) in [6, 6.07) is 18.1. The fourth-order valence-corrected chi connectivity index (χ4v) is 1.92. The van der Waals surface area contributed by atoms with Gasteiger partial charge in [-0.3, -0.25) is 0 Å². The summed E-state index contributed by atoms with van der Waals surface area (Å²) < 4.78 is 5.75. The van der Waals surface area contributed by atoms with Gasteiger partial charge < -0.3 is 15.8 Å². The molecule has 2 rings (SSSR count). The fourth-order valence-electron chi connectivity index (χ4n) is 1.92. The zero-order valence-electron chi connectivity index (χ0n) is 13.0. The average molecular weight is 297 g/mol. The van der Waals surface area contributed by atoms with E-state index in [1.807, 2.05) is 42.5 Å². The molecule has 0 fully saturated rings. The minimum Gasteiger partial charge on any atom is -0.489 e. The van der Waals surface area contributed by atoms with Gasteiger partial charge in [-0.2, -0.15) is 0 Å². The van der Waals surface area contributed by atoms with Gasteiger partial charge in [-0.25, -0.2) is 4.99 Å². The Balaban J connectivity index is 1.82. The van der Waals surface area contributed by atoms with Crippen LogP contribution >= 0.6 is 0 Å². The fraction of sp³-hybridized carbons (Fsp3) is 0.278. The van der Waals surface area contributed by atoms with Crippen molar-refractivity contribution in [3.8, 4) is 5.75 Å². The third-order valence-electron chi connectivity index (χ3n) is 3.16. The SMILES string of the molecule is CCCNC(N)=NCc1ccc(OCc2ccccc2)cc1. The van der Waals surface area contributed by atoms with E-state index in [0.29, 0.717) is 19.1 Å². The Morgan fingerprint density at radius 3 is 2.45 bits per heavy atom. The molecule has 0 aliphatic carbocycles. The Morgan fingerprint density at radius 2 is 1.77 bits per heavy atom. The first-order chi connectivity index (χ1) is 10.8. The molecule has 0 aromatic heterocycles. The Bertz CT molecular complexity index is 579. The first kappa shape index (κ1) is 15.9. The smallest absolute Gasteiger partial charge is 0.188 e. The standard InChI is InChI=1S/C18H23N3O/c1-2-12-20-18(19)21-13-15-8-10-17(11-9-15)22-14-16-6-4-3-5-7-16/h3-11H,2,12-14H2,1H3,(H3,19,20,21). The van der Waals surface area contributed by atoms with Crippen LogP contribution in [-0.2, 0) is 13.2 Å². The van der Waals surface area contributed by atoms with E-state index in [-0.39, 0.29) is 0 Å². The molecule has 22 heavy (non-hydrogen) atoms. The van der Waals surface area contributed by atoms with Crippen LogP contribution in [0.2, 0.25) is 0 Å². The Morgan fingerprint density at radius 1 is 1.05 bits per heavy atom. The van der Waals surface area contributed by atoms with Gasteiger partial charge in [0.25, 0.3) is 0 Å². The second kappa shape index (κ2) is 8.72. The maximum Gasteiger partial charge on any atom is 0.188 e. The van der Waals surface area contributed by atoms with Gasteiger partial charge >= 0.3 is 0 Å². The van der Waals surface area contributed by atoms with Crippen LogP contribution in [-0.4, -0.2) is 12.5 Å². The molecule has 0 unspecified atom stereocenters. The number of rotatable bonds is 7. The van der Waals surface area contributed by atoms with Crippen LogP contribution in [0, 0.1) is 0 Å². The molecule has 0 saturated carbocycles. The average Bonchev–Trinajstić information content (AvgIpc) is 2.58. The Hall–Kier alpha value is -2.49. The van der Waals surface area contributed by atoms with Crippen molar-refractivity contribution in [3.63, 3.8) is 0 Å². The highest BCUT2D eigenvalue weighted by Gasteiger charge is 1.97. The number of nitrogens with zero attached hydrogens (tertiary/aromatic N) is 1. The molecule has 0 saturated heterocycles. The third-order valence-corrected chi connectivity index (χ3v) is 3.16. The van der Waals surface area contributed by atoms with Crippen LogP contribution in [0.1, 0.15) is 24.5 Å². The van der Waals surface area contributed by atoms with Gasteiger partial charge in [-0.1, -0.05) is 49.4 Å². The highest BCUT2D eigenvalue weighted by atomic mass is 16.5. The summed E-state index contributed by atoms with van der Waals surface area (Å²) in [5.74, 6) is 1.35. The molecule has 0 spiro atoms. The Kier molecular flexibility index (Phi) is 6.30. The molecule has 2 aromatic rings. The van der Waals surface area contributed by atoms with Gasteiger partial charge in [-0.05, 0) is 29.7 Å². The molecule has 4 heteroatoms. The van der Waals surface area contributed by atoms with Crippen molar-refractivity contribution in [1.29, 1.82) is 0 Å². The van der Waals surface area contributed by atoms with Crippen LogP contribution in [0.4, 0.5) is 0 Å². The molecule has 0 radical (unpaired) electrons. The molecule has 3 N–H and O–H groups in total. The first-order valence-electron chi connectivity index (χ1n) is 7.57. The zero-order valence-corrected chi connectivity index (χ0v) is 13.0. The van der Waals surface area contributed by atoms with Gasteiger partial charge in [0, 0.05) is 6.54 Å². The molecule has 0 aliphatic rings. The lowest BCUT2D eigenvalue weighted by Crippen LogP contribution is -2.32. The van der Waals surface area contributed by atoms with Gasteiger partial charge in [0.15, 0.2) is 5.96 Å². The molecule has 2 aromatic carbocycles. The van der Waals surface area contributed by atoms with Crippen molar-refractivity contribution in [3.05, 3.63) is 65.7 Å². The summed E-state index contributed by atoms with van der Waals surface area (Å²) in [5, 5.41) is 3.06. The Labute approximate surface area is 132 Å². The quantitative estimate of drug-likeness (QED) is 0.610. The lowest BCUT2D eigenvalue weighted by Gasteiger charge is -2.07. The summed E-state index contributed by atoms with van der Waals surface area (Å²) in [7, 11) is 0. The molecule has 116 valence electrons. The lowest BCUT2D eigenvalue weighted by atomic mass is 10.2. The number of nitrogens with two attached hydrogens (primary N) is 1.